The molecule has 0 amide bonds. The van der Waals surface area contributed by atoms with Crippen molar-refractivity contribution in [2.75, 3.05) is 5.73 Å². The van der Waals surface area contributed by atoms with Crippen LogP contribution in [0.1, 0.15) is 19.0 Å². The first-order chi connectivity index (χ1) is 12.3. The van der Waals surface area contributed by atoms with E-state index < -0.39 is 0 Å². The number of nitrogens with two attached hydrogens (primary N) is 1. The third-order valence-corrected chi connectivity index (χ3v) is 4.24. The van der Waals surface area contributed by atoms with Crippen LogP contribution in [0.2, 0.25) is 0 Å². The summed E-state index contributed by atoms with van der Waals surface area (Å²) in [6.45, 7) is 2.15. The molecule has 5 nitrogen and oxygen atoms in total. The van der Waals surface area contributed by atoms with Gasteiger partial charge in [0.05, 0.1) is 0 Å². The van der Waals surface area contributed by atoms with Crippen LogP contribution >= 0.6 is 0 Å². The zero-order chi connectivity index (χ0) is 17.2. The van der Waals surface area contributed by atoms with E-state index >= 15 is 0 Å². The fourth-order valence-electron chi connectivity index (χ4n) is 3.10. The van der Waals surface area contributed by atoms with Gasteiger partial charge in [-0.3, -0.25) is 4.57 Å². The predicted octanol–water partition coefficient (Wildman–Crippen LogP) is 4.02. The molecule has 0 radical (unpaired) electrons. The number of fused-ring (bicyclic) bond motifs is 1. The third kappa shape index (κ3) is 2.85. The van der Waals surface area contributed by atoms with E-state index in [0.717, 1.165) is 35.7 Å². The summed E-state index contributed by atoms with van der Waals surface area (Å²) < 4.78 is 2.08. The van der Waals surface area contributed by atoms with Gasteiger partial charge in [0.15, 0.2) is 0 Å². The monoisotopic (exact) mass is 329 g/mol. The summed E-state index contributed by atoms with van der Waals surface area (Å²) in [7, 11) is 0. The Balaban J connectivity index is 1.91. The van der Waals surface area contributed by atoms with Gasteiger partial charge in [-0.05, 0) is 29.3 Å². The van der Waals surface area contributed by atoms with Gasteiger partial charge in [-0.15, -0.1) is 0 Å². The summed E-state index contributed by atoms with van der Waals surface area (Å²) in [6, 6.07) is 16.6. The fourth-order valence-corrected chi connectivity index (χ4v) is 3.10. The lowest BCUT2D eigenvalue weighted by Gasteiger charge is -2.12. The molecule has 124 valence electrons. The van der Waals surface area contributed by atoms with Gasteiger partial charge in [0, 0.05) is 23.7 Å². The Hall–Kier alpha value is -3.21. The number of nitrogens with zero attached hydrogens (tertiary/aromatic N) is 4. The van der Waals surface area contributed by atoms with E-state index in [9.17, 15) is 0 Å². The largest absolute Gasteiger partial charge is 0.368 e. The Kier molecular flexibility index (Phi) is 3.90. The Morgan fingerprint density at radius 3 is 2.64 bits per heavy atom. The van der Waals surface area contributed by atoms with E-state index in [4.69, 9.17) is 5.73 Å². The highest BCUT2D eigenvalue weighted by Crippen LogP contribution is 2.27. The Morgan fingerprint density at radius 1 is 1.00 bits per heavy atom. The number of benzene rings is 2. The van der Waals surface area contributed by atoms with Gasteiger partial charge < -0.3 is 5.73 Å². The van der Waals surface area contributed by atoms with E-state index in [-0.39, 0.29) is 5.95 Å². The van der Waals surface area contributed by atoms with Crippen LogP contribution in [-0.4, -0.2) is 19.5 Å². The van der Waals surface area contributed by atoms with Gasteiger partial charge in [0.1, 0.15) is 11.6 Å². The topological polar surface area (TPSA) is 69.6 Å². The van der Waals surface area contributed by atoms with Crippen LogP contribution in [0.5, 0.6) is 0 Å². The molecule has 2 heterocycles. The molecule has 0 fully saturated rings. The fraction of sp³-hybridized carbons (Fsp3) is 0.150. The van der Waals surface area contributed by atoms with Crippen LogP contribution in [0.3, 0.4) is 0 Å². The standard InChI is InChI=1S/C20H19N5/c1-2-5-17-13-23-19(25(17)18-10-11-22-20(21)24-18)16-9-8-14-6-3-4-7-15(14)12-16/h3-4,6-13H,2,5H2,1H3,(H2,21,22,24). The quantitative estimate of drug-likeness (QED) is 0.614. The average molecular weight is 329 g/mol. The minimum atomic E-state index is 0.262. The van der Waals surface area contributed by atoms with Crippen molar-refractivity contribution in [1.82, 2.24) is 19.5 Å². The number of rotatable bonds is 4. The van der Waals surface area contributed by atoms with Crippen LogP contribution in [-0.2, 0) is 6.42 Å². The number of nitrogen functional groups attached to an aromatic ring is 1. The van der Waals surface area contributed by atoms with Gasteiger partial charge in [0.25, 0.3) is 0 Å². The van der Waals surface area contributed by atoms with Gasteiger partial charge in [-0.1, -0.05) is 49.7 Å². The SMILES string of the molecule is CCCc1cnc(-c2ccc3ccccc3c2)n1-c1ccnc(N)n1. The average Bonchev–Trinajstić information content (AvgIpc) is 3.05. The maximum Gasteiger partial charge on any atom is 0.221 e. The number of imidazole rings is 1. The maximum absolute atomic E-state index is 5.80. The van der Waals surface area contributed by atoms with Crippen LogP contribution in [0.15, 0.2) is 60.9 Å². The molecule has 0 atom stereocenters. The molecule has 4 rings (SSSR count). The van der Waals surface area contributed by atoms with Crippen LogP contribution in [0.4, 0.5) is 5.95 Å². The first kappa shape index (κ1) is 15.3. The molecule has 0 aliphatic heterocycles. The van der Waals surface area contributed by atoms with Gasteiger partial charge >= 0.3 is 0 Å². The molecule has 2 N–H and O–H groups in total. The van der Waals surface area contributed by atoms with Crippen molar-refractivity contribution in [2.45, 2.75) is 19.8 Å². The summed E-state index contributed by atoms with van der Waals surface area (Å²) in [4.78, 5) is 13.1. The molecule has 25 heavy (non-hydrogen) atoms. The molecular weight excluding hydrogens is 310 g/mol. The molecule has 4 aromatic rings. The van der Waals surface area contributed by atoms with Crippen molar-refractivity contribution >= 4 is 16.7 Å². The minimum absolute atomic E-state index is 0.262. The lowest BCUT2D eigenvalue weighted by atomic mass is 10.1. The molecule has 0 aliphatic carbocycles. The molecule has 5 heteroatoms. The summed E-state index contributed by atoms with van der Waals surface area (Å²) in [6.07, 6.45) is 5.55. The number of anilines is 1. The Morgan fingerprint density at radius 2 is 1.84 bits per heavy atom. The van der Waals surface area contributed by atoms with Crippen molar-refractivity contribution < 1.29 is 0 Å². The zero-order valence-electron chi connectivity index (χ0n) is 14.1. The second-order valence-electron chi connectivity index (χ2n) is 5.99. The Labute approximate surface area is 146 Å². The highest BCUT2D eigenvalue weighted by molar-refractivity contribution is 5.86. The lowest BCUT2D eigenvalue weighted by molar-refractivity contribution is 0.832. The van der Waals surface area contributed by atoms with Gasteiger partial charge in [0.2, 0.25) is 5.95 Å². The third-order valence-electron chi connectivity index (χ3n) is 4.24. The first-order valence-electron chi connectivity index (χ1n) is 8.41. The number of aryl methyl sites for hydroxylation is 1. The molecule has 0 unspecified atom stereocenters. The number of aromatic nitrogens is 4. The van der Waals surface area contributed by atoms with Crippen molar-refractivity contribution in [3.8, 4) is 17.2 Å². The molecule has 0 bridgehead atoms. The molecular formula is C20H19N5. The summed E-state index contributed by atoms with van der Waals surface area (Å²) in [5.74, 6) is 1.88. The van der Waals surface area contributed by atoms with Crippen molar-refractivity contribution in [3.05, 3.63) is 66.6 Å². The van der Waals surface area contributed by atoms with E-state index in [2.05, 4.69) is 56.8 Å². The van der Waals surface area contributed by atoms with Gasteiger partial charge in [-0.2, -0.15) is 4.98 Å². The maximum atomic E-state index is 5.80. The van der Waals surface area contributed by atoms with Crippen LogP contribution in [0, 0.1) is 0 Å². The Bertz CT molecular complexity index is 1040. The smallest absolute Gasteiger partial charge is 0.221 e. The summed E-state index contributed by atoms with van der Waals surface area (Å²) in [5, 5.41) is 2.40. The highest BCUT2D eigenvalue weighted by atomic mass is 15.2. The summed E-state index contributed by atoms with van der Waals surface area (Å²) in [5.41, 5.74) is 7.96. The molecule has 0 saturated carbocycles. The number of hydrogen-bond donors (Lipinski definition) is 1. The molecule has 0 saturated heterocycles. The van der Waals surface area contributed by atoms with Crippen LogP contribution in [0.25, 0.3) is 28.0 Å². The molecule has 0 spiro atoms. The second-order valence-corrected chi connectivity index (χ2v) is 5.99. The minimum Gasteiger partial charge on any atom is -0.368 e. The number of hydrogen-bond acceptors (Lipinski definition) is 4. The predicted molar refractivity (Wildman–Crippen MR) is 101 cm³/mol. The van der Waals surface area contributed by atoms with E-state index in [1.54, 1.807) is 6.20 Å². The van der Waals surface area contributed by atoms with E-state index in [1.807, 2.05) is 24.4 Å². The molecule has 0 aliphatic rings. The zero-order valence-corrected chi connectivity index (χ0v) is 14.1. The van der Waals surface area contributed by atoms with E-state index in [1.165, 1.54) is 10.8 Å². The first-order valence-corrected chi connectivity index (χ1v) is 8.41. The van der Waals surface area contributed by atoms with Crippen molar-refractivity contribution in [1.29, 1.82) is 0 Å². The molecule has 2 aromatic carbocycles. The van der Waals surface area contributed by atoms with Crippen molar-refractivity contribution in [2.24, 2.45) is 0 Å². The second kappa shape index (κ2) is 6.36. The summed E-state index contributed by atoms with van der Waals surface area (Å²) >= 11 is 0. The lowest BCUT2D eigenvalue weighted by Crippen LogP contribution is -2.07. The molecule has 2 aromatic heterocycles. The van der Waals surface area contributed by atoms with Crippen LogP contribution < -0.4 is 5.73 Å². The van der Waals surface area contributed by atoms with Crippen molar-refractivity contribution in [3.63, 3.8) is 0 Å². The highest BCUT2D eigenvalue weighted by Gasteiger charge is 2.15. The van der Waals surface area contributed by atoms with E-state index in [0.29, 0.717) is 0 Å². The van der Waals surface area contributed by atoms with Gasteiger partial charge in [-0.25, -0.2) is 9.97 Å². The normalized spacial score (nSPS) is 11.1.